The summed E-state index contributed by atoms with van der Waals surface area (Å²) in [5, 5.41) is 3.70. The number of rotatable bonds is 6. The van der Waals surface area contributed by atoms with Crippen molar-refractivity contribution in [3.05, 3.63) is 0 Å². The van der Waals surface area contributed by atoms with Crippen molar-refractivity contribution in [1.82, 2.24) is 15.1 Å². The molecule has 116 valence electrons. The predicted octanol–water partition coefficient (Wildman–Crippen LogP) is 2.32. The molecule has 2 heterocycles. The lowest BCUT2D eigenvalue weighted by molar-refractivity contribution is 0.156. The summed E-state index contributed by atoms with van der Waals surface area (Å²) in [6.07, 6.45) is 9.98. The fraction of sp³-hybridized carbons (Fsp3) is 1.00. The molecule has 20 heavy (non-hydrogen) atoms. The van der Waals surface area contributed by atoms with E-state index in [0.717, 1.165) is 18.0 Å². The van der Waals surface area contributed by atoms with Crippen LogP contribution in [-0.2, 0) is 0 Å². The van der Waals surface area contributed by atoms with E-state index < -0.39 is 0 Å². The second-order valence-electron chi connectivity index (χ2n) is 7.21. The fourth-order valence-electron chi connectivity index (χ4n) is 4.02. The van der Waals surface area contributed by atoms with Crippen molar-refractivity contribution in [1.29, 1.82) is 0 Å². The Morgan fingerprint density at radius 2 is 1.90 bits per heavy atom. The maximum Gasteiger partial charge on any atom is 0.0195 e. The Bertz CT molecular complexity index is 284. The summed E-state index contributed by atoms with van der Waals surface area (Å²) in [6.45, 7) is 10.1. The monoisotopic (exact) mass is 279 g/mol. The van der Waals surface area contributed by atoms with Gasteiger partial charge in [0, 0.05) is 25.2 Å². The van der Waals surface area contributed by atoms with Crippen LogP contribution in [0.4, 0.5) is 0 Å². The first-order chi connectivity index (χ1) is 9.85. The zero-order valence-corrected chi connectivity index (χ0v) is 13.3. The van der Waals surface area contributed by atoms with Gasteiger partial charge < -0.3 is 10.2 Å². The number of hydrogen-bond donors (Lipinski definition) is 1. The molecule has 1 aliphatic carbocycles. The first-order valence-corrected chi connectivity index (χ1v) is 9.05. The largest absolute Gasteiger partial charge is 0.313 e. The second-order valence-corrected chi connectivity index (χ2v) is 7.21. The molecule has 0 bridgehead atoms. The number of hydrogen-bond acceptors (Lipinski definition) is 3. The van der Waals surface area contributed by atoms with Crippen molar-refractivity contribution in [2.45, 2.75) is 64.0 Å². The van der Waals surface area contributed by atoms with Crippen LogP contribution in [0.2, 0.25) is 0 Å². The normalized spacial score (nSPS) is 32.7. The van der Waals surface area contributed by atoms with E-state index in [-0.39, 0.29) is 0 Å². The number of nitrogens with one attached hydrogen (secondary N) is 1. The average Bonchev–Trinajstić information content (AvgIpc) is 3.19. The van der Waals surface area contributed by atoms with Crippen LogP contribution in [0.1, 0.15) is 51.9 Å². The van der Waals surface area contributed by atoms with Crippen LogP contribution in [-0.4, -0.2) is 61.2 Å². The highest BCUT2D eigenvalue weighted by Gasteiger charge is 2.31. The van der Waals surface area contributed by atoms with E-state index in [1.807, 2.05) is 0 Å². The van der Waals surface area contributed by atoms with Crippen LogP contribution in [0.5, 0.6) is 0 Å². The van der Waals surface area contributed by atoms with Crippen LogP contribution in [0.15, 0.2) is 0 Å². The SMILES string of the molecule is CCN1CCCC(N(CC2CC2)CC2CCCN2)CC1. The van der Waals surface area contributed by atoms with Gasteiger partial charge in [-0.1, -0.05) is 6.92 Å². The summed E-state index contributed by atoms with van der Waals surface area (Å²) in [5.41, 5.74) is 0. The third-order valence-electron chi connectivity index (χ3n) is 5.56. The molecule has 0 aromatic carbocycles. The summed E-state index contributed by atoms with van der Waals surface area (Å²) < 4.78 is 0. The molecule has 3 nitrogen and oxygen atoms in total. The molecule has 3 aliphatic rings. The number of nitrogens with zero attached hydrogens (tertiary/aromatic N) is 2. The van der Waals surface area contributed by atoms with Crippen molar-refractivity contribution < 1.29 is 0 Å². The smallest absolute Gasteiger partial charge is 0.0195 e. The Hall–Kier alpha value is -0.120. The Kier molecular flexibility index (Phi) is 5.36. The topological polar surface area (TPSA) is 18.5 Å². The molecule has 1 saturated carbocycles. The molecule has 0 spiro atoms. The van der Waals surface area contributed by atoms with Crippen molar-refractivity contribution in [3.63, 3.8) is 0 Å². The van der Waals surface area contributed by atoms with Crippen molar-refractivity contribution in [3.8, 4) is 0 Å². The van der Waals surface area contributed by atoms with Crippen LogP contribution < -0.4 is 5.32 Å². The van der Waals surface area contributed by atoms with Gasteiger partial charge in [-0.2, -0.15) is 0 Å². The van der Waals surface area contributed by atoms with E-state index in [0.29, 0.717) is 0 Å². The van der Waals surface area contributed by atoms with Gasteiger partial charge in [0.15, 0.2) is 0 Å². The Morgan fingerprint density at radius 3 is 2.60 bits per heavy atom. The summed E-state index contributed by atoms with van der Waals surface area (Å²) in [6, 6.07) is 1.63. The molecule has 2 unspecified atom stereocenters. The fourth-order valence-corrected chi connectivity index (χ4v) is 4.02. The highest BCUT2D eigenvalue weighted by molar-refractivity contribution is 4.87. The van der Waals surface area contributed by atoms with E-state index in [2.05, 4.69) is 22.0 Å². The summed E-state index contributed by atoms with van der Waals surface area (Å²) in [7, 11) is 0. The van der Waals surface area contributed by atoms with Gasteiger partial charge in [0.1, 0.15) is 0 Å². The molecular formula is C17H33N3. The minimum absolute atomic E-state index is 0.777. The summed E-state index contributed by atoms with van der Waals surface area (Å²) >= 11 is 0. The third-order valence-corrected chi connectivity index (χ3v) is 5.56. The Labute approximate surface area is 125 Å². The maximum atomic E-state index is 3.70. The van der Waals surface area contributed by atoms with Gasteiger partial charge in [-0.3, -0.25) is 4.90 Å². The molecule has 1 N–H and O–H groups in total. The average molecular weight is 279 g/mol. The molecule has 3 heteroatoms. The van der Waals surface area contributed by atoms with Gasteiger partial charge >= 0.3 is 0 Å². The Balaban J connectivity index is 1.55. The highest BCUT2D eigenvalue weighted by atomic mass is 15.2. The van der Waals surface area contributed by atoms with Crippen LogP contribution in [0, 0.1) is 5.92 Å². The van der Waals surface area contributed by atoms with Gasteiger partial charge in [0.2, 0.25) is 0 Å². The molecule has 0 aromatic heterocycles. The Morgan fingerprint density at radius 1 is 1.00 bits per heavy atom. The molecule has 3 fully saturated rings. The molecule has 0 amide bonds. The highest BCUT2D eigenvalue weighted by Crippen LogP contribution is 2.32. The molecular weight excluding hydrogens is 246 g/mol. The molecule has 0 aromatic rings. The van der Waals surface area contributed by atoms with Crippen LogP contribution in [0.3, 0.4) is 0 Å². The third kappa shape index (κ3) is 4.19. The van der Waals surface area contributed by atoms with E-state index >= 15 is 0 Å². The van der Waals surface area contributed by atoms with Gasteiger partial charge in [-0.25, -0.2) is 0 Å². The quantitative estimate of drug-likeness (QED) is 0.805. The van der Waals surface area contributed by atoms with Gasteiger partial charge in [-0.05, 0) is 77.0 Å². The molecule has 2 saturated heterocycles. The number of likely N-dealkylation sites (tertiary alicyclic amines) is 1. The zero-order valence-electron chi connectivity index (χ0n) is 13.3. The van der Waals surface area contributed by atoms with Gasteiger partial charge in [0.05, 0.1) is 0 Å². The van der Waals surface area contributed by atoms with Crippen LogP contribution >= 0.6 is 0 Å². The lowest BCUT2D eigenvalue weighted by atomic mass is 10.1. The maximum absolute atomic E-state index is 3.70. The summed E-state index contributed by atoms with van der Waals surface area (Å²) in [4.78, 5) is 5.52. The minimum atomic E-state index is 0.777. The molecule has 2 aliphatic heterocycles. The minimum Gasteiger partial charge on any atom is -0.313 e. The van der Waals surface area contributed by atoms with Crippen molar-refractivity contribution in [2.24, 2.45) is 5.92 Å². The van der Waals surface area contributed by atoms with E-state index in [9.17, 15) is 0 Å². The first-order valence-electron chi connectivity index (χ1n) is 9.05. The van der Waals surface area contributed by atoms with Crippen molar-refractivity contribution >= 4 is 0 Å². The zero-order chi connectivity index (χ0) is 13.8. The molecule has 2 atom stereocenters. The summed E-state index contributed by atoms with van der Waals surface area (Å²) in [5.74, 6) is 1.03. The van der Waals surface area contributed by atoms with Crippen LogP contribution in [0.25, 0.3) is 0 Å². The molecule has 0 radical (unpaired) electrons. The van der Waals surface area contributed by atoms with Crippen molar-refractivity contribution in [2.75, 3.05) is 39.3 Å². The lowest BCUT2D eigenvalue weighted by Gasteiger charge is -2.33. The molecule has 3 rings (SSSR count). The van der Waals surface area contributed by atoms with Gasteiger partial charge in [0.25, 0.3) is 0 Å². The van der Waals surface area contributed by atoms with E-state index in [4.69, 9.17) is 0 Å². The van der Waals surface area contributed by atoms with E-state index in [1.54, 1.807) is 0 Å². The standard InChI is InChI=1S/C17H33N3/c1-2-19-11-4-6-17(9-12-19)20(13-15-7-8-15)14-16-5-3-10-18-16/h15-18H,2-14H2,1H3. The first kappa shape index (κ1) is 14.8. The van der Waals surface area contributed by atoms with Gasteiger partial charge in [-0.15, -0.1) is 0 Å². The predicted molar refractivity (Wildman–Crippen MR) is 85.1 cm³/mol. The second kappa shape index (κ2) is 7.24. The lowest BCUT2D eigenvalue weighted by Crippen LogP contribution is -2.44. The van der Waals surface area contributed by atoms with E-state index in [1.165, 1.54) is 84.2 Å².